The summed E-state index contributed by atoms with van der Waals surface area (Å²) in [5.74, 6) is 0.448. The summed E-state index contributed by atoms with van der Waals surface area (Å²) < 4.78 is 15.1. The molecule has 0 fully saturated rings. The number of nitriles is 1. The molecule has 2 atom stereocenters. The van der Waals surface area contributed by atoms with E-state index in [2.05, 4.69) is 6.07 Å². The highest BCUT2D eigenvalue weighted by Crippen LogP contribution is 2.31. The van der Waals surface area contributed by atoms with Crippen LogP contribution in [0.3, 0.4) is 0 Å². The average Bonchev–Trinajstić information content (AvgIpc) is 2.39. The topological polar surface area (TPSA) is 71.7 Å². The molecule has 0 saturated heterocycles. The largest absolute Gasteiger partial charge is 0.493 e. The third-order valence-corrected chi connectivity index (χ3v) is 2.63. The first-order chi connectivity index (χ1) is 8.67. The third-order valence-electron chi connectivity index (χ3n) is 2.63. The standard InChI is InChI=1S/C13H17NO4/c1-16-8-11(15)10(7-14)9-4-5-12(17-2)13(6-9)18-3/h4-6,10-11,15H,8H2,1-3H3. The number of aliphatic hydroxyl groups is 1. The van der Waals surface area contributed by atoms with Gasteiger partial charge in [-0.1, -0.05) is 6.07 Å². The number of hydrogen-bond donors (Lipinski definition) is 1. The molecule has 0 amide bonds. The molecular formula is C13H17NO4. The summed E-state index contributed by atoms with van der Waals surface area (Å²) in [7, 11) is 4.54. The van der Waals surface area contributed by atoms with Crippen LogP contribution in [0.25, 0.3) is 0 Å². The predicted molar refractivity (Wildman–Crippen MR) is 65.8 cm³/mol. The summed E-state index contributed by atoms with van der Waals surface area (Å²) in [6, 6.07) is 7.19. The van der Waals surface area contributed by atoms with Crippen LogP contribution in [0.1, 0.15) is 11.5 Å². The Morgan fingerprint density at radius 1 is 1.22 bits per heavy atom. The van der Waals surface area contributed by atoms with Gasteiger partial charge in [0.1, 0.15) is 0 Å². The van der Waals surface area contributed by atoms with Gasteiger partial charge in [0.25, 0.3) is 0 Å². The van der Waals surface area contributed by atoms with Crippen molar-refractivity contribution in [3.8, 4) is 17.6 Å². The highest BCUT2D eigenvalue weighted by Gasteiger charge is 2.22. The van der Waals surface area contributed by atoms with E-state index in [9.17, 15) is 5.11 Å². The number of benzene rings is 1. The van der Waals surface area contributed by atoms with Gasteiger partial charge in [-0.25, -0.2) is 0 Å². The Labute approximate surface area is 107 Å². The molecule has 1 aromatic carbocycles. The van der Waals surface area contributed by atoms with Gasteiger partial charge in [-0.2, -0.15) is 5.26 Å². The number of nitrogens with zero attached hydrogens (tertiary/aromatic N) is 1. The molecule has 0 aliphatic carbocycles. The lowest BCUT2D eigenvalue weighted by atomic mass is 9.95. The van der Waals surface area contributed by atoms with Crippen molar-refractivity contribution in [3.05, 3.63) is 23.8 Å². The summed E-state index contributed by atoms with van der Waals surface area (Å²) in [5.41, 5.74) is 0.666. The van der Waals surface area contributed by atoms with Crippen LogP contribution in [-0.4, -0.2) is 39.1 Å². The second kappa shape index (κ2) is 6.84. The maximum absolute atomic E-state index is 9.83. The summed E-state index contributed by atoms with van der Waals surface area (Å²) in [6.45, 7) is 0.104. The summed E-state index contributed by atoms with van der Waals surface area (Å²) in [5, 5.41) is 19.0. The molecule has 1 aromatic rings. The van der Waals surface area contributed by atoms with E-state index in [1.807, 2.05) is 0 Å². The van der Waals surface area contributed by atoms with Crippen molar-refractivity contribution in [1.29, 1.82) is 5.26 Å². The molecule has 98 valence electrons. The minimum atomic E-state index is -0.877. The van der Waals surface area contributed by atoms with Crippen molar-refractivity contribution < 1.29 is 19.3 Å². The molecule has 0 aliphatic heterocycles. The molecule has 5 nitrogen and oxygen atoms in total. The van der Waals surface area contributed by atoms with E-state index < -0.39 is 12.0 Å². The minimum Gasteiger partial charge on any atom is -0.493 e. The van der Waals surface area contributed by atoms with E-state index in [0.29, 0.717) is 17.1 Å². The molecular weight excluding hydrogens is 234 g/mol. The Bertz CT molecular complexity index is 427. The molecule has 5 heteroatoms. The Hall–Kier alpha value is -1.77. The predicted octanol–water partition coefficient (Wildman–Crippen LogP) is 1.32. The molecule has 2 unspecified atom stereocenters. The normalized spacial score (nSPS) is 13.5. The molecule has 1 rings (SSSR count). The van der Waals surface area contributed by atoms with Crippen molar-refractivity contribution in [2.24, 2.45) is 0 Å². The summed E-state index contributed by atoms with van der Waals surface area (Å²) in [4.78, 5) is 0. The zero-order valence-corrected chi connectivity index (χ0v) is 10.7. The fourth-order valence-corrected chi connectivity index (χ4v) is 1.70. The maximum Gasteiger partial charge on any atom is 0.161 e. The van der Waals surface area contributed by atoms with Gasteiger partial charge in [-0.05, 0) is 17.7 Å². The zero-order chi connectivity index (χ0) is 13.5. The highest BCUT2D eigenvalue weighted by molar-refractivity contribution is 5.45. The molecule has 0 aliphatic rings. The molecule has 0 bridgehead atoms. The Morgan fingerprint density at radius 3 is 2.39 bits per heavy atom. The molecule has 0 saturated carbocycles. The van der Waals surface area contributed by atoms with Crippen LogP contribution in [-0.2, 0) is 4.74 Å². The quantitative estimate of drug-likeness (QED) is 0.825. The number of aliphatic hydroxyl groups excluding tert-OH is 1. The number of methoxy groups -OCH3 is 3. The lowest BCUT2D eigenvalue weighted by molar-refractivity contribution is 0.0571. The van der Waals surface area contributed by atoms with Gasteiger partial charge >= 0.3 is 0 Å². The Kier molecular flexibility index (Phi) is 5.43. The number of ether oxygens (including phenoxy) is 3. The van der Waals surface area contributed by atoms with Crippen LogP contribution < -0.4 is 9.47 Å². The van der Waals surface area contributed by atoms with E-state index in [0.717, 1.165) is 0 Å². The van der Waals surface area contributed by atoms with Crippen LogP contribution >= 0.6 is 0 Å². The second-order valence-corrected chi connectivity index (χ2v) is 3.74. The second-order valence-electron chi connectivity index (χ2n) is 3.74. The lowest BCUT2D eigenvalue weighted by Gasteiger charge is -2.17. The minimum absolute atomic E-state index is 0.104. The first-order valence-electron chi connectivity index (χ1n) is 5.46. The molecule has 0 aromatic heterocycles. The molecule has 0 radical (unpaired) electrons. The zero-order valence-electron chi connectivity index (χ0n) is 10.7. The van der Waals surface area contributed by atoms with Gasteiger partial charge in [-0.15, -0.1) is 0 Å². The van der Waals surface area contributed by atoms with Crippen molar-refractivity contribution in [1.82, 2.24) is 0 Å². The fourth-order valence-electron chi connectivity index (χ4n) is 1.70. The lowest BCUT2D eigenvalue weighted by Crippen LogP contribution is -2.22. The molecule has 0 heterocycles. The van der Waals surface area contributed by atoms with Crippen molar-refractivity contribution in [3.63, 3.8) is 0 Å². The van der Waals surface area contributed by atoms with Crippen LogP contribution in [0.4, 0.5) is 0 Å². The smallest absolute Gasteiger partial charge is 0.161 e. The number of hydrogen-bond acceptors (Lipinski definition) is 5. The van der Waals surface area contributed by atoms with E-state index >= 15 is 0 Å². The first kappa shape index (κ1) is 14.3. The Morgan fingerprint density at radius 2 is 1.89 bits per heavy atom. The monoisotopic (exact) mass is 251 g/mol. The first-order valence-corrected chi connectivity index (χ1v) is 5.46. The van der Waals surface area contributed by atoms with E-state index in [1.54, 1.807) is 25.3 Å². The molecule has 1 N–H and O–H groups in total. The fraction of sp³-hybridized carbons (Fsp3) is 0.462. The van der Waals surface area contributed by atoms with Gasteiger partial charge in [0.05, 0.1) is 38.9 Å². The molecule has 0 spiro atoms. The van der Waals surface area contributed by atoms with Crippen molar-refractivity contribution in [2.75, 3.05) is 27.9 Å². The molecule has 18 heavy (non-hydrogen) atoms. The van der Waals surface area contributed by atoms with Gasteiger partial charge in [-0.3, -0.25) is 0 Å². The van der Waals surface area contributed by atoms with Crippen molar-refractivity contribution in [2.45, 2.75) is 12.0 Å². The van der Waals surface area contributed by atoms with Crippen LogP contribution in [0.15, 0.2) is 18.2 Å². The maximum atomic E-state index is 9.83. The van der Waals surface area contributed by atoms with Gasteiger partial charge < -0.3 is 19.3 Å². The average molecular weight is 251 g/mol. The summed E-state index contributed by atoms with van der Waals surface area (Å²) in [6.07, 6.45) is -0.877. The SMILES string of the molecule is COCC(O)C(C#N)c1ccc(OC)c(OC)c1. The van der Waals surface area contributed by atoms with E-state index in [-0.39, 0.29) is 6.61 Å². The van der Waals surface area contributed by atoms with Crippen LogP contribution in [0, 0.1) is 11.3 Å². The van der Waals surface area contributed by atoms with E-state index in [1.165, 1.54) is 14.2 Å². The third kappa shape index (κ3) is 3.13. The number of rotatable bonds is 6. The summed E-state index contributed by atoms with van der Waals surface area (Å²) >= 11 is 0. The van der Waals surface area contributed by atoms with Gasteiger partial charge in [0.15, 0.2) is 11.5 Å². The Balaban J connectivity index is 3.04. The van der Waals surface area contributed by atoms with Crippen molar-refractivity contribution >= 4 is 0 Å². The van der Waals surface area contributed by atoms with Gasteiger partial charge in [0.2, 0.25) is 0 Å². The highest BCUT2D eigenvalue weighted by atomic mass is 16.5. The van der Waals surface area contributed by atoms with E-state index in [4.69, 9.17) is 19.5 Å². The van der Waals surface area contributed by atoms with Crippen LogP contribution in [0.2, 0.25) is 0 Å². The van der Waals surface area contributed by atoms with Crippen LogP contribution in [0.5, 0.6) is 11.5 Å². The van der Waals surface area contributed by atoms with Gasteiger partial charge in [0, 0.05) is 7.11 Å².